The summed E-state index contributed by atoms with van der Waals surface area (Å²) in [6, 6.07) is 2.82. The molecular weight excluding hydrogens is 250 g/mol. The average molecular weight is 277 g/mol. The van der Waals surface area contributed by atoms with Gasteiger partial charge in [-0.2, -0.15) is 0 Å². The summed E-state index contributed by atoms with van der Waals surface area (Å²) in [4.78, 5) is 11.5. The summed E-state index contributed by atoms with van der Waals surface area (Å²) in [5, 5.41) is 6.75. The van der Waals surface area contributed by atoms with Crippen molar-refractivity contribution in [1.29, 1.82) is 0 Å². The SMILES string of the molecule is CCCNc1cc(NCCN(C)C2CC2)nc(CC)n1. The van der Waals surface area contributed by atoms with E-state index in [1.54, 1.807) is 0 Å². The molecule has 2 rings (SSSR count). The van der Waals surface area contributed by atoms with E-state index in [1.165, 1.54) is 12.8 Å². The number of aromatic nitrogens is 2. The van der Waals surface area contributed by atoms with Gasteiger partial charge in [-0.05, 0) is 26.3 Å². The fourth-order valence-electron chi connectivity index (χ4n) is 2.15. The van der Waals surface area contributed by atoms with Crippen molar-refractivity contribution in [1.82, 2.24) is 14.9 Å². The Balaban J connectivity index is 1.87. The number of likely N-dealkylation sites (N-methyl/N-ethyl adjacent to an activating group) is 1. The molecule has 0 unspecified atom stereocenters. The second-order valence-electron chi connectivity index (χ2n) is 5.47. The van der Waals surface area contributed by atoms with Gasteiger partial charge in [0.1, 0.15) is 17.5 Å². The molecule has 20 heavy (non-hydrogen) atoms. The van der Waals surface area contributed by atoms with Gasteiger partial charge in [0.15, 0.2) is 0 Å². The number of nitrogens with zero attached hydrogens (tertiary/aromatic N) is 3. The molecule has 0 aromatic carbocycles. The van der Waals surface area contributed by atoms with E-state index in [1.807, 2.05) is 6.07 Å². The zero-order valence-corrected chi connectivity index (χ0v) is 12.9. The Morgan fingerprint density at radius 2 is 1.80 bits per heavy atom. The zero-order chi connectivity index (χ0) is 14.4. The van der Waals surface area contributed by atoms with Crippen molar-refractivity contribution >= 4 is 11.6 Å². The van der Waals surface area contributed by atoms with E-state index < -0.39 is 0 Å². The molecule has 1 aromatic heterocycles. The number of hydrogen-bond donors (Lipinski definition) is 2. The van der Waals surface area contributed by atoms with E-state index in [9.17, 15) is 0 Å². The van der Waals surface area contributed by atoms with Crippen molar-refractivity contribution in [2.24, 2.45) is 0 Å². The minimum Gasteiger partial charge on any atom is -0.370 e. The van der Waals surface area contributed by atoms with Crippen LogP contribution in [0.15, 0.2) is 6.07 Å². The molecule has 1 saturated carbocycles. The summed E-state index contributed by atoms with van der Waals surface area (Å²) in [6.07, 6.45) is 4.67. The van der Waals surface area contributed by atoms with E-state index in [0.29, 0.717) is 0 Å². The van der Waals surface area contributed by atoms with Crippen molar-refractivity contribution in [2.45, 2.75) is 45.6 Å². The number of rotatable bonds is 9. The monoisotopic (exact) mass is 277 g/mol. The summed E-state index contributed by atoms with van der Waals surface area (Å²) in [5.74, 6) is 2.75. The summed E-state index contributed by atoms with van der Waals surface area (Å²) < 4.78 is 0. The van der Waals surface area contributed by atoms with Gasteiger partial charge in [-0.3, -0.25) is 0 Å². The Morgan fingerprint density at radius 1 is 1.15 bits per heavy atom. The molecule has 1 fully saturated rings. The quantitative estimate of drug-likeness (QED) is 0.726. The third-order valence-electron chi connectivity index (χ3n) is 3.59. The van der Waals surface area contributed by atoms with Crippen molar-refractivity contribution in [3.63, 3.8) is 0 Å². The predicted octanol–water partition coefficient (Wildman–Crippen LogP) is 2.37. The highest BCUT2D eigenvalue weighted by molar-refractivity contribution is 5.47. The lowest BCUT2D eigenvalue weighted by Crippen LogP contribution is -2.27. The first-order valence-corrected chi connectivity index (χ1v) is 7.78. The van der Waals surface area contributed by atoms with Crippen LogP contribution in [0, 0.1) is 0 Å². The van der Waals surface area contributed by atoms with Gasteiger partial charge in [0, 0.05) is 38.2 Å². The third-order valence-corrected chi connectivity index (χ3v) is 3.59. The van der Waals surface area contributed by atoms with Gasteiger partial charge in [-0.25, -0.2) is 9.97 Å². The molecule has 1 aliphatic rings. The van der Waals surface area contributed by atoms with Crippen LogP contribution in [0.4, 0.5) is 11.6 Å². The van der Waals surface area contributed by atoms with E-state index in [-0.39, 0.29) is 0 Å². The Hall–Kier alpha value is -1.36. The Morgan fingerprint density at radius 3 is 2.35 bits per heavy atom. The third kappa shape index (κ3) is 4.63. The molecule has 0 spiro atoms. The predicted molar refractivity (Wildman–Crippen MR) is 84.3 cm³/mol. The molecule has 1 heterocycles. The largest absolute Gasteiger partial charge is 0.370 e. The first kappa shape index (κ1) is 15.0. The fourth-order valence-corrected chi connectivity index (χ4v) is 2.15. The topological polar surface area (TPSA) is 53.1 Å². The lowest BCUT2D eigenvalue weighted by atomic mass is 10.4. The highest BCUT2D eigenvalue weighted by Crippen LogP contribution is 2.24. The molecule has 5 heteroatoms. The second-order valence-corrected chi connectivity index (χ2v) is 5.47. The lowest BCUT2D eigenvalue weighted by molar-refractivity contribution is 0.337. The fraction of sp³-hybridized carbons (Fsp3) is 0.733. The summed E-state index contributed by atoms with van der Waals surface area (Å²) in [5.41, 5.74) is 0. The molecule has 1 aliphatic carbocycles. The highest BCUT2D eigenvalue weighted by atomic mass is 15.2. The number of nitrogens with one attached hydrogen (secondary N) is 2. The average Bonchev–Trinajstić information content (AvgIpc) is 3.29. The zero-order valence-electron chi connectivity index (χ0n) is 12.9. The number of hydrogen-bond acceptors (Lipinski definition) is 5. The van der Waals surface area contributed by atoms with E-state index in [0.717, 1.165) is 56.0 Å². The van der Waals surface area contributed by atoms with Crippen LogP contribution in [0.25, 0.3) is 0 Å². The van der Waals surface area contributed by atoms with Gasteiger partial charge in [0.2, 0.25) is 0 Å². The standard InChI is InChI=1S/C15H27N5/c1-4-8-16-14-11-15(19-13(5-2)18-14)17-9-10-20(3)12-6-7-12/h11-12H,4-10H2,1-3H3,(H2,16,17,18,19). The van der Waals surface area contributed by atoms with Gasteiger partial charge >= 0.3 is 0 Å². The van der Waals surface area contributed by atoms with Crippen LogP contribution in [-0.2, 0) is 6.42 Å². The molecule has 0 bridgehead atoms. The smallest absolute Gasteiger partial charge is 0.132 e. The maximum Gasteiger partial charge on any atom is 0.132 e. The van der Waals surface area contributed by atoms with Crippen LogP contribution in [-0.4, -0.2) is 47.6 Å². The van der Waals surface area contributed by atoms with E-state index in [2.05, 4.69) is 46.4 Å². The minimum absolute atomic E-state index is 0.815. The van der Waals surface area contributed by atoms with E-state index in [4.69, 9.17) is 0 Å². The molecule has 112 valence electrons. The second kappa shape index (κ2) is 7.43. The van der Waals surface area contributed by atoms with Crippen LogP contribution in [0.5, 0.6) is 0 Å². The highest BCUT2D eigenvalue weighted by Gasteiger charge is 2.25. The van der Waals surface area contributed by atoms with Gasteiger partial charge < -0.3 is 15.5 Å². The maximum absolute atomic E-state index is 4.54. The summed E-state index contributed by atoms with van der Waals surface area (Å²) >= 11 is 0. The minimum atomic E-state index is 0.815. The van der Waals surface area contributed by atoms with Gasteiger partial charge in [-0.1, -0.05) is 13.8 Å². The Labute approximate surface area is 122 Å². The van der Waals surface area contributed by atoms with Crippen molar-refractivity contribution in [2.75, 3.05) is 37.3 Å². The van der Waals surface area contributed by atoms with Crippen LogP contribution in [0.2, 0.25) is 0 Å². The molecule has 0 atom stereocenters. The maximum atomic E-state index is 4.54. The first-order chi connectivity index (χ1) is 9.72. The Kier molecular flexibility index (Phi) is 5.59. The van der Waals surface area contributed by atoms with Gasteiger partial charge in [0.05, 0.1) is 0 Å². The molecule has 0 radical (unpaired) electrons. The van der Waals surface area contributed by atoms with Crippen molar-refractivity contribution in [3.05, 3.63) is 11.9 Å². The van der Waals surface area contributed by atoms with Crippen LogP contribution in [0.3, 0.4) is 0 Å². The molecule has 0 amide bonds. The molecule has 5 nitrogen and oxygen atoms in total. The summed E-state index contributed by atoms with van der Waals surface area (Å²) in [6.45, 7) is 7.18. The number of aryl methyl sites for hydroxylation is 1. The van der Waals surface area contributed by atoms with Crippen molar-refractivity contribution in [3.8, 4) is 0 Å². The van der Waals surface area contributed by atoms with Crippen LogP contribution in [0.1, 0.15) is 38.9 Å². The van der Waals surface area contributed by atoms with Crippen LogP contribution >= 0.6 is 0 Å². The molecule has 1 aromatic rings. The lowest BCUT2D eigenvalue weighted by Gasteiger charge is -2.16. The summed E-state index contributed by atoms with van der Waals surface area (Å²) in [7, 11) is 2.20. The van der Waals surface area contributed by atoms with E-state index >= 15 is 0 Å². The normalized spacial score (nSPS) is 14.6. The number of anilines is 2. The van der Waals surface area contributed by atoms with Gasteiger partial charge in [-0.15, -0.1) is 0 Å². The van der Waals surface area contributed by atoms with Crippen molar-refractivity contribution < 1.29 is 0 Å². The molecule has 2 N–H and O–H groups in total. The molecule has 0 aliphatic heterocycles. The Bertz CT molecular complexity index is 417. The molecular formula is C15H27N5. The van der Waals surface area contributed by atoms with Crippen LogP contribution < -0.4 is 10.6 Å². The molecule has 0 saturated heterocycles. The first-order valence-electron chi connectivity index (χ1n) is 7.78. The van der Waals surface area contributed by atoms with Gasteiger partial charge in [0.25, 0.3) is 0 Å².